The number of aliphatic hydroxyl groups is 1. The molecule has 2 aliphatic carbocycles. The van der Waals surface area contributed by atoms with E-state index in [0.717, 1.165) is 47.1 Å². The molecule has 1 amide bonds. The van der Waals surface area contributed by atoms with E-state index in [0.29, 0.717) is 52.7 Å². The van der Waals surface area contributed by atoms with Crippen molar-refractivity contribution in [2.24, 2.45) is 0 Å². The van der Waals surface area contributed by atoms with Crippen LogP contribution in [0.25, 0.3) is 20.8 Å². The Bertz CT molecular complexity index is 1840. The number of amides is 1. The normalized spacial score (nSPS) is 13.7. The lowest BCUT2D eigenvalue weighted by molar-refractivity contribution is -0.105. The number of carbonyl (C=O) groups is 1. The predicted octanol–water partition coefficient (Wildman–Crippen LogP) is 7.25. The number of pyridine rings is 2. The third kappa shape index (κ3) is 12.7. The van der Waals surface area contributed by atoms with Gasteiger partial charge in [0, 0.05) is 36.4 Å². The molecule has 2 fully saturated rings. The molecule has 7 rings (SSSR count). The molecule has 0 bridgehead atoms. The van der Waals surface area contributed by atoms with E-state index in [2.05, 4.69) is 69.5 Å². The molecule has 0 saturated heterocycles. The SMILES string of the molecule is CNC1CC1.Cc1ccc(NC=O)cc1F.OCCOCCOCCPc1ccccc1NCc1ccc(-c2cc3nccc(C4CC4)c3s2)nc1. The van der Waals surface area contributed by atoms with Crippen LogP contribution in [0.3, 0.4) is 0 Å². The van der Waals surface area contributed by atoms with Crippen molar-refractivity contribution in [3.05, 3.63) is 102 Å². The van der Waals surface area contributed by atoms with Crippen LogP contribution in [0.5, 0.6) is 0 Å². The number of thiophene rings is 1. The van der Waals surface area contributed by atoms with E-state index in [9.17, 15) is 9.18 Å². The zero-order chi connectivity index (χ0) is 36.5. The summed E-state index contributed by atoms with van der Waals surface area (Å²) in [5.41, 5.74) is 6.91. The summed E-state index contributed by atoms with van der Waals surface area (Å²) >= 11 is 1.81. The number of nitrogens with zero attached hydrogens (tertiary/aromatic N) is 2. The highest BCUT2D eigenvalue weighted by Gasteiger charge is 2.26. The number of halogens is 1. The second-order valence-corrected chi connectivity index (χ2v) is 15.1. The number of anilines is 2. The van der Waals surface area contributed by atoms with Gasteiger partial charge in [-0.05, 0) is 110 Å². The van der Waals surface area contributed by atoms with Gasteiger partial charge in [0.15, 0.2) is 0 Å². The van der Waals surface area contributed by atoms with Gasteiger partial charge in [-0.25, -0.2) is 4.39 Å². The molecule has 12 heteroatoms. The maximum absolute atomic E-state index is 12.7. The Morgan fingerprint density at radius 1 is 0.981 bits per heavy atom. The number of aryl methyl sites for hydroxylation is 1. The van der Waals surface area contributed by atoms with Gasteiger partial charge in [0.05, 0.1) is 53.8 Å². The summed E-state index contributed by atoms with van der Waals surface area (Å²) in [6.07, 6.45) is 10.8. The van der Waals surface area contributed by atoms with Crippen LogP contribution in [0.4, 0.5) is 15.8 Å². The number of aromatic nitrogens is 2. The number of aliphatic hydroxyl groups excluding tert-OH is 1. The molecule has 0 radical (unpaired) electrons. The van der Waals surface area contributed by atoms with Gasteiger partial charge in [0.25, 0.3) is 0 Å². The minimum atomic E-state index is -0.308. The van der Waals surface area contributed by atoms with Gasteiger partial charge >= 0.3 is 0 Å². The molecular formula is C40H49FN5O4PS. The van der Waals surface area contributed by atoms with Gasteiger partial charge < -0.3 is 30.5 Å². The summed E-state index contributed by atoms with van der Waals surface area (Å²) in [7, 11) is 2.68. The Hall–Kier alpha value is -3.83. The van der Waals surface area contributed by atoms with Crippen molar-refractivity contribution < 1.29 is 23.8 Å². The number of benzene rings is 2. The van der Waals surface area contributed by atoms with E-state index in [1.807, 2.05) is 30.8 Å². The first-order valence-corrected chi connectivity index (χ1v) is 19.8. The molecule has 3 heterocycles. The Balaban J connectivity index is 0.000000268. The molecule has 2 saturated carbocycles. The van der Waals surface area contributed by atoms with Gasteiger partial charge in [0.1, 0.15) is 5.82 Å². The number of rotatable bonds is 17. The lowest BCUT2D eigenvalue weighted by Crippen LogP contribution is -2.11. The molecule has 9 nitrogen and oxygen atoms in total. The molecule has 0 aliphatic heterocycles. The third-order valence-corrected chi connectivity index (χ3v) is 11.0. The van der Waals surface area contributed by atoms with Crippen LogP contribution in [-0.2, 0) is 20.8 Å². The van der Waals surface area contributed by atoms with Crippen LogP contribution < -0.4 is 21.3 Å². The standard InChI is InChI=1S/C28H32N3O3PS.C8H8FNO.C4H9N/c32-11-12-33-13-14-34-15-16-35-26-4-2-1-3-23(26)30-18-20-5-8-24(31-19-20)27-17-25-28(36-27)22(9-10-29-25)21-6-7-21;1-6-2-3-7(10-5-11)4-8(6)9;1-5-4-2-3-4/h1-5,8-10,17,19,21,30,32,35H,6-7,11-16,18H2;2-5H,1H3,(H,10,11);4-5H,2-3H2,1H3. The number of fused-ring (bicyclic) bond motifs is 1. The first kappa shape index (κ1) is 39.4. The van der Waals surface area contributed by atoms with E-state index in [-0.39, 0.29) is 12.4 Å². The number of carbonyl (C=O) groups excluding carboxylic acids is 1. The summed E-state index contributed by atoms with van der Waals surface area (Å²) in [4.78, 5) is 20.5. The van der Waals surface area contributed by atoms with Crippen LogP contribution in [0.1, 0.15) is 48.3 Å². The predicted molar refractivity (Wildman–Crippen MR) is 213 cm³/mol. The molecule has 4 N–H and O–H groups in total. The molecule has 276 valence electrons. The van der Waals surface area contributed by atoms with Crippen LogP contribution in [0.15, 0.2) is 79.1 Å². The topological polar surface area (TPSA) is 118 Å². The first-order valence-electron chi connectivity index (χ1n) is 17.8. The van der Waals surface area contributed by atoms with Gasteiger partial charge in [0.2, 0.25) is 6.41 Å². The monoisotopic (exact) mass is 745 g/mol. The Kier molecular flexibility index (Phi) is 15.9. The average molecular weight is 746 g/mol. The fourth-order valence-corrected chi connectivity index (χ4v) is 7.51. The second kappa shape index (κ2) is 21.0. The number of hydrogen-bond donors (Lipinski definition) is 4. The highest BCUT2D eigenvalue weighted by molar-refractivity contribution is 7.47. The van der Waals surface area contributed by atoms with Crippen LogP contribution >= 0.6 is 19.9 Å². The molecule has 2 aliphatic rings. The van der Waals surface area contributed by atoms with E-state index in [1.165, 1.54) is 52.2 Å². The fourth-order valence-electron chi connectivity index (χ4n) is 5.23. The summed E-state index contributed by atoms with van der Waals surface area (Å²) in [5.74, 6) is 0.410. The van der Waals surface area contributed by atoms with Gasteiger partial charge in [-0.3, -0.25) is 14.8 Å². The number of nitrogens with one attached hydrogen (secondary N) is 3. The molecule has 3 aromatic heterocycles. The van der Waals surface area contributed by atoms with Crippen molar-refractivity contribution in [3.63, 3.8) is 0 Å². The van der Waals surface area contributed by atoms with Crippen LogP contribution in [0.2, 0.25) is 0 Å². The third-order valence-electron chi connectivity index (χ3n) is 8.50. The molecule has 0 spiro atoms. The molecular weight excluding hydrogens is 697 g/mol. The minimum Gasteiger partial charge on any atom is -0.394 e. The maximum atomic E-state index is 12.7. The van der Waals surface area contributed by atoms with E-state index >= 15 is 0 Å². The number of hydrogen-bond acceptors (Lipinski definition) is 9. The van der Waals surface area contributed by atoms with E-state index in [1.54, 1.807) is 19.1 Å². The zero-order valence-corrected chi connectivity index (χ0v) is 31.7. The summed E-state index contributed by atoms with van der Waals surface area (Å²) < 4.78 is 24.9. The summed E-state index contributed by atoms with van der Waals surface area (Å²) in [6.45, 7) is 4.61. The van der Waals surface area contributed by atoms with Crippen molar-refractivity contribution in [1.82, 2.24) is 15.3 Å². The Morgan fingerprint density at radius 3 is 2.46 bits per heavy atom. The van der Waals surface area contributed by atoms with Gasteiger partial charge in [-0.1, -0.05) is 38.9 Å². The highest BCUT2D eigenvalue weighted by Crippen LogP contribution is 2.45. The van der Waals surface area contributed by atoms with E-state index in [4.69, 9.17) is 19.6 Å². The maximum Gasteiger partial charge on any atom is 0.211 e. The van der Waals surface area contributed by atoms with Gasteiger partial charge in [-0.2, -0.15) is 0 Å². The molecule has 5 aromatic rings. The lowest BCUT2D eigenvalue weighted by Gasteiger charge is -2.12. The lowest BCUT2D eigenvalue weighted by atomic mass is 10.1. The molecule has 1 unspecified atom stereocenters. The van der Waals surface area contributed by atoms with Crippen molar-refractivity contribution in [2.75, 3.05) is 56.9 Å². The molecule has 2 aromatic carbocycles. The van der Waals surface area contributed by atoms with Crippen molar-refractivity contribution >= 4 is 53.2 Å². The smallest absolute Gasteiger partial charge is 0.211 e. The quantitative estimate of drug-likeness (QED) is 0.0447. The average Bonchev–Trinajstić information content (AvgIpc) is 4.12. The Morgan fingerprint density at radius 2 is 1.79 bits per heavy atom. The number of para-hydroxylation sites is 1. The fraction of sp³-hybridized carbons (Fsp3) is 0.375. The molecule has 52 heavy (non-hydrogen) atoms. The van der Waals surface area contributed by atoms with Crippen molar-refractivity contribution in [2.45, 2.75) is 51.1 Å². The first-order chi connectivity index (χ1) is 25.5. The van der Waals surface area contributed by atoms with Gasteiger partial charge in [-0.15, -0.1) is 11.3 Å². The summed E-state index contributed by atoms with van der Waals surface area (Å²) in [5, 5.41) is 19.1. The largest absolute Gasteiger partial charge is 0.394 e. The van der Waals surface area contributed by atoms with E-state index < -0.39 is 0 Å². The van der Waals surface area contributed by atoms with Crippen molar-refractivity contribution in [1.29, 1.82) is 0 Å². The van der Waals surface area contributed by atoms with Crippen molar-refractivity contribution in [3.8, 4) is 10.6 Å². The zero-order valence-electron chi connectivity index (χ0n) is 29.9. The second-order valence-electron chi connectivity index (χ2n) is 12.6. The van der Waals surface area contributed by atoms with Crippen LogP contribution in [-0.4, -0.2) is 73.8 Å². The summed E-state index contributed by atoms with van der Waals surface area (Å²) in [6, 6.07) is 22.5. The van der Waals surface area contributed by atoms with Crippen LogP contribution in [0, 0.1) is 12.7 Å². The molecule has 1 atom stereocenters. The minimum absolute atomic E-state index is 0.0517. The number of ether oxygens (including phenoxy) is 2. The Labute approximate surface area is 311 Å². The highest BCUT2D eigenvalue weighted by atomic mass is 32.1.